The second-order valence-electron chi connectivity index (χ2n) is 3.40. The number of ether oxygens (including phenoxy) is 1. The van der Waals surface area contributed by atoms with Gasteiger partial charge < -0.3 is 4.74 Å². The maximum Gasteiger partial charge on any atom is 0.263 e. The fourth-order valence-electron chi connectivity index (χ4n) is 1.54. The Hall–Kier alpha value is -0.650. The predicted octanol–water partition coefficient (Wildman–Crippen LogP) is -0.399. The van der Waals surface area contributed by atoms with Crippen LogP contribution in [0.4, 0.5) is 0 Å². The van der Waals surface area contributed by atoms with Gasteiger partial charge in [-0.2, -0.15) is 0 Å². The van der Waals surface area contributed by atoms with E-state index in [1.807, 2.05) is 18.7 Å². The third-order valence-corrected chi connectivity index (χ3v) is 2.25. The lowest BCUT2D eigenvalue weighted by Crippen LogP contribution is -2.55. The third-order valence-electron chi connectivity index (χ3n) is 2.25. The van der Waals surface area contributed by atoms with E-state index in [9.17, 15) is 4.79 Å². The molecule has 0 radical (unpaired) electrons. The topological polar surface area (TPSA) is 61.8 Å². The molecule has 1 aliphatic rings. The van der Waals surface area contributed by atoms with Crippen molar-refractivity contribution in [3.05, 3.63) is 0 Å². The molecule has 1 amide bonds. The van der Waals surface area contributed by atoms with Gasteiger partial charge in [0.05, 0.1) is 13.2 Å². The molecular formula is C8H16N2O3. The first-order valence-corrected chi connectivity index (χ1v) is 4.44. The van der Waals surface area contributed by atoms with Gasteiger partial charge in [-0.05, 0) is 13.8 Å². The van der Waals surface area contributed by atoms with Crippen molar-refractivity contribution in [1.29, 1.82) is 0 Å². The molecule has 13 heavy (non-hydrogen) atoms. The van der Waals surface area contributed by atoms with Crippen molar-refractivity contribution in [1.82, 2.24) is 10.4 Å². The summed E-state index contributed by atoms with van der Waals surface area (Å²) in [5, 5.41) is 8.50. The van der Waals surface area contributed by atoms with Crippen molar-refractivity contribution < 1.29 is 14.7 Å². The predicted molar refractivity (Wildman–Crippen MR) is 46.4 cm³/mol. The molecule has 1 atom stereocenters. The normalized spacial score (nSPS) is 24.8. The van der Waals surface area contributed by atoms with Gasteiger partial charge in [0.15, 0.2) is 0 Å². The van der Waals surface area contributed by atoms with Gasteiger partial charge in [0.2, 0.25) is 0 Å². The van der Waals surface area contributed by atoms with Crippen molar-refractivity contribution in [2.75, 3.05) is 19.8 Å². The Bertz CT molecular complexity index is 184. The molecule has 0 aromatic heterocycles. The number of nitrogens with zero attached hydrogens (tertiary/aromatic N) is 1. The molecule has 0 unspecified atom stereocenters. The van der Waals surface area contributed by atoms with Crippen LogP contribution in [0.5, 0.6) is 0 Å². The molecule has 2 N–H and O–H groups in total. The number of carbonyl (C=O) groups is 1. The summed E-state index contributed by atoms with van der Waals surface area (Å²) in [6.45, 7) is 5.76. The van der Waals surface area contributed by atoms with Crippen molar-refractivity contribution in [3.63, 3.8) is 0 Å². The van der Waals surface area contributed by atoms with Crippen molar-refractivity contribution in [3.8, 4) is 0 Å². The molecule has 1 saturated heterocycles. The summed E-state index contributed by atoms with van der Waals surface area (Å²) >= 11 is 0. The zero-order valence-electron chi connectivity index (χ0n) is 7.99. The van der Waals surface area contributed by atoms with E-state index in [1.54, 1.807) is 5.48 Å². The van der Waals surface area contributed by atoms with Crippen LogP contribution in [0.25, 0.3) is 0 Å². The Morgan fingerprint density at radius 2 is 2.38 bits per heavy atom. The van der Waals surface area contributed by atoms with E-state index >= 15 is 0 Å². The number of rotatable bonds is 2. The molecule has 1 aliphatic heterocycles. The molecule has 76 valence electrons. The van der Waals surface area contributed by atoms with Crippen LogP contribution in [-0.4, -0.2) is 47.9 Å². The summed E-state index contributed by atoms with van der Waals surface area (Å²) < 4.78 is 5.17. The fraction of sp³-hybridized carbons (Fsp3) is 0.875. The summed E-state index contributed by atoms with van der Waals surface area (Å²) in [6, 6.07) is -0.0788. The molecule has 5 nitrogen and oxygen atoms in total. The summed E-state index contributed by atoms with van der Waals surface area (Å²) in [5.41, 5.74) is 1.66. The van der Waals surface area contributed by atoms with Gasteiger partial charge in [-0.3, -0.25) is 14.9 Å². The number of hydrogen-bond donors (Lipinski definition) is 2. The molecule has 5 heteroatoms. The average molecular weight is 188 g/mol. The molecule has 0 aromatic rings. The van der Waals surface area contributed by atoms with Crippen LogP contribution in [0.1, 0.15) is 13.8 Å². The Labute approximate surface area is 77.6 Å². The van der Waals surface area contributed by atoms with Gasteiger partial charge in [0.1, 0.15) is 6.04 Å². The zero-order valence-corrected chi connectivity index (χ0v) is 7.99. The third kappa shape index (κ3) is 2.40. The molecule has 0 bridgehead atoms. The van der Waals surface area contributed by atoms with Gasteiger partial charge in [-0.15, -0.1) is 0 Å². The Balaban J connectivity index is 2.61. The van der Waals surface area contributed by atoms with Crippen molar-refractivity contribution >= 4 is 5.91 Å². The number of morpholine rings is 1. The van der Waals surface area contributed by atoms with E-state index in [1.165, 1.54) is 0 Å². The van der Waals surface area contributed by atoms with Gasteiger partial charge in [-0.25, -0.2) is 5.48 Å². The van der Waals surface area contributed by atoms with E-state index in [0.29, 0.717) is 13.2 Å². The van der Waals surface area contributed by atoms with Crippen LogP contribution in [0.3, 0.4) is 0 Å². The lowest BCUT2D eigenvalue weighted by Gasteiger charge is -2.36. The molecule has 1 rings (SSSR count). The van der Waals surface area contributed by atoms with Crippen LogP contribution in [-0.2, 0) is 9.53 Å². The maximum atomic E-state index is 11.2. The molecular weight excluding hydrogens is 172 g/mol. The minimum Gasteiger partial charge on any atom is -0.378 e. The monoisotopic (exact) mass is 188 g/mol. The number of hydrogen-bond acceptors (Lipinski definition) is 4. The van der Waals surface area contributed by atoms with Gasteiger partial charge >= 0.3 is 0 Å². The minimum atomic E-state index is -0.395. The Morgan fingerprint density at radius 3 is 2.92 bits per heavy atom. The summed E-state index contributed by atoms with van der Waals surface area (Å²) in [4.78, 5) is 13.2. The van der Waals surface area contributed by atoms with Crippen LogP contribution < -0.4 is 5.48 Å². The largest absolute Gasteiger partial charge is 0.378 e. The van der Waals surface area contributed by atoms with Crippen molar-refractivity contribution in [2.24, 2.45) is 0 Å². The maximum absolute atomic E-state index is 11.2. The molecule has 0 saturated carbocycles. The molecule has 0 spiro atoms. The van der Waals surface area contributed by atoms with Gasteiger partial charge in [-0.1, -0.05) is 0 Å². The second kappa shape index (κ2) is 4.55. The van der Waals surface area contributed by atoms with Crippen molar-refractivity contribution in [2.45, 2.75) is 25.9 Å². The molecule has 0 aromatic carbocycles. The number of nitrogens with one attached hydrogen (secondary N) is 1. The molecule has 0 aliphatic carbocycles. The quantitative estimate of drug-likeness (QED) is 0.457. The first kappa shape index (κ1) is 10.4. The minimum absolute atomic E-state index is 0.284. The highest BCUT2D eigenvalue weighted by molar-refractivity contribution is 5.80. The van der Waals surface area contributed by atoms with E-state index in [-0.39, 0.29) is 12.1 Å². The lowest BCUT2D eigenvalue weighted by molar-refractivity contribution is -0.142. The Kier molecular flexibility index (Phi) is 3.65. The highest BCUT2D eigenvalue weighted by atomic mass is 16.5. The number of amides is 1. The number of carbonyl (C=O) groups excluding carboxylic acids is 1. The smallest absolute Gasteiger partial charge is 0.263 e. The summed E-state index contributed by atoms with van der Waals surface area (Å²) in [7, 11) is 0. The van der Waals surface area contributed by atoms with Gasteiger partial charge in [0.25, 0.3) is 5.91 Å². The van der Waals surface area contributed by atoms with E-state index in [2.05, 4.69) is 0 Å². The van der Waals surface area contributed by atoms with E-state index in [4.69, 9.17) is 9.94 Å². The highest BCUT2D eigenvalue weighted by Gasteiger charge is 2.30. The summed E-state index contributed by atoms with van der Waals surface area (Å²) in [6.07, 6.45) is 0. The lowest BCUT2D eigenvalue weighted by atomic mass is 10.1. The zero-order chi connectivity index (χ0) is 9.84. The highest BCUT2D eigenvalue weighted by Crippen LogP contribution is 2.10. The fourth-order valence-corrected chi connectivity index (χ4v) is 1.54. The van der Waals surface area contributed by atoms with Crippen LogP contribution in [0, 0.1) is 0 Å². The molecule has 1 fully saturated rings. The van der Waals surface area contributed by atoms with Crippen LogP contribution in [0.2, 0.25) is 0 Å². The average Bonchev–Trinajstić information content (AvgIpc) is 2.16. The van der Waals surface area contributed by atoms with Crippen LogP contribution >= 0.6 is 0 Å². The first-order valence-electron chi connectivity index (χ1n) is 4.44. The summed E-state index contributed by atoms with van der Waals surface area (Å²) in [5.74, 6) is -0.395. The SMILES string of the molecule is CC(C)N1CCOC[C@H]1C(=O)NO. The second-order valence-corrected chi connectivity index (χ2v) is 3.40. The Morgan fingerprint density at radius 1 is 1.69 bits per heavy atom. The van der Waals surface area contributed by atoms with Crippen LogP contribution in [0.15, 0.2) is 0 Å². The first-order chi connectivity index (χ1) is 6.16. The number of hydroxylamine groups is 1. The standard InChI is InChI=1S/C8H16N2O3/c1-6(2)10-3-4-13-5-7(10)8(11)9-12/h6-7,12H,3-5H2,1-2H3,(H,9,11)/t7-/m0/s1. The van der Waals surface area contributed by atoms with E-state index in [0.717, 1.165) is 6.54 Å². The molecule has 1 heterocycles. The van der Waals surface area contributed by atoms with Gasteiger partial charge in [0, 0.05) is 12.6 Å². The van der Waals surface area contributed by atoms with E-state index < -0.39 is 5.91 Å².